The molecule has 0 aromatic rings. The van der Waals surface area contributed by atoms with Gasteiger partial charge in [-0.1, -0.05) is 6.58 Å². The number of carbonyl (C=O) groups is 1. The number of rotatable bonds is 1. The number of aliphatic carboxylic acids is 1. The zero-order valence-electron chi connectivity index (χ0n) is 4.85. The smallest absolute Gasteiger partial charge is 0.330 e. The van der Waals surface area contributed by atoms with Crippen molar-refractivity contribution in [1.29, 1.82) is 0 Å². The Kier molecular flexibility index (Phi) is 12.4. The van der Waals surface area contributed by atoms with E-state index in [9.17, 15) is 4.79 Å². The summed E-state index contributed by atoms with van der Waals surface area (Å²) in [6.07, 6.45) is 0. The normalized spacial score (nSPS) is 5.62. The van der Waals surface area contributed by atoms with E-state index in [2.05, 4.69) is 6.58 Å². The van der Waals surface area contributed by atoms with Crippen LogP contribution in [0.3, 0.4) is 0 Å². The first-order chi connectivity index (χ1) is 2.64. The maximum absolute atomic E-state index is 9.60. The van der Waals surface area contributed by atoms with Crippen LogP contribution in [0.5, 0.6) is 0 Å². The Hall–Kier alpha value is -0.686. The van der Waals surface area contributed by atoms with E-state index in [1.54, 1.807) is 0 Å². The fourth-order valence-electron chi connectivity index (χ4n) is 0. The van der Waals surface area contributed by atoms with Gasteiger partial charge in [0.1, 0.15) is 0 Å². The number of hydrogen-bond acceptors (Lipinski definition) is 1. The Morgan fingerprint density at radius 3 is 1.75 bits per heavy atom. The third-order valence-corrected chi connectivity index (χ3v) is 0.365. The van der Waals surface area contributed by atoms with Gasteiger partial charge >= 0.3 is 5.97 Å². The fourth-order valence-corrected chi connectivity index (χ4v) is 0. The Morgan fingerprint density at radius 2 is 1.75 bits per heavy atom. The molecular weight excluding hydrogens is 436 g/mol. The minimum Gasteiger partial charge on any atom is -0.478 e. The maximum Gasteiger partial charge on any atom is 0.330 e. The molecule has 8 heavy (non-hydrogen) atoms. The molecule has 0 saturated carbocycles. The third kappa shape index (κ3) is 9.00. The molecule has 0 amide bonds. The van der Waals surface area contributed by atoms with Crippen LogP contribution in [-0.4, -0.2) is 11.1 Å². The van der Waals surface area contributed by atoms with Crippen LogP contribution in [0.4, 0.5) is 0 Å². The number of carboxylic acids is 1. The molecule has 0 aromatic carbocycles. The minimum absolute atomic E-state index is 0. The van der Waals surface area contributed by atoms with Crippen molar-refractivity contribution in [1.82, 2.24) is 0 Å². The zero-order chi connectivity index (χ0) is 5.15. The molecule has 39 valence electrons. The van der Waals surface area contributed by atoms with E-state index < -0.39 is 5.97 Å². The molecule has 0 unspecified atom stereocenters. The van der Waals surface area contributed by atoms with Crippen molar-refractivity contribution in [2.75, 3.05) is 0 Å². The summed E-state index contributed by atoms with van der Waals surface area (Å²) in [4.78, 5) is 9.60. The predicted octanol–water partition coefficient (Wildman–Crippen LogP) is 0.645. The Balaban J connectivity index is -0.000000125. The van der Waals surface area contributed by atoms with E-state index in [0.717, 1.165) is 0 Å². The molecule has 0 heterocycles. The van der Waals surface area contributed by atoms with Crippen LogP contribution in [0.15, 0.2) is 12.2 Å². The van der Waals surface area contributed by atoms with Crippen molar-refractivity contribution >= 4 is 5.97 Å². The van der Waals surface area contributed by atoms with E-state index in [1.807, 2.05) is 0 Å². The van der Waals surface area contributed by atoms with E-state index in [-0.39, 0.29) is 38.3 Å². The van der Waals surface area contributed by atoms with Crippen LogP contribution in [0.1, 0.15) is 6.92 Å². The third-order valence-electron chi connectivity index (χ3n) is 0.365. The van der Waals surface area contributed by atoms with Gasteiger partial charge in [-0.05, 0) is 6.92 Å². The van der Waals surface area contributed by atoms with Gasteiger partial charge in [0.2, 0.25) is 0 Å². The van der Waals surface area contributed by atoms with Crippen molar-refractivity contribution in [3.05, 3.63) is 12.2 Å². The van der Waals surface area contributed by atoms with Crippen LogP contribution in [0.25, 0.3) is 0 Å². The molecule has 4 heteroatoms. The molecule has 0 saturated heterocycles. The first-order valence-electron chi connectivity index (χ1n) is 1.53. The van der Waals surface area contributed by atoms with Crippen molar-refractivity contribution < 1.29 is 42.6 Å². The van der Waals surface area contributed by atoms with Crippen LogP contribution in [0, 0.1) is 0 Å². The van der Waals surface area contributed by atoms with Crippen molar-refractivity contribution in [3.8, 4) is 0 Å². The quantitative estimate of drug-likeness (QED) is 0.606. The second-order valence-electron chi connectivity index (χ2n) is 1.09. The first kappa shape index (κ1) is 15.7. The van der Waals surface area contributed by atoms with Gasteiger partial charge in [0, 0.05) is 38.3 Å². The molecule has 0 bridgehead atoms. The van der Waals surface area contributed by atoms with Gasteiger partial charge in [0.15, 0.2) is 0 Å². The molecule has 0 spiro atoms. The molecule has 0 aliphatic heterocycles. The van der Waals surface area contributed by atoms with Crippen molar-refractivity contribution in [2.24, 2.45) is 0 Å². The summed E-state index contributed by atoms with van der Waals surface area (Å²) in [7, 11) is 0. The van der Waals surface area contributed by atoms with E-state index in [0.29, 0.717) is 0 Å². The zero-order valence-corrected chi connectivity index (χ0v) is 14.1. The SMILES string of the molecule is C=C(C)C(=O)O.[Rf].[Y]. The van der Waals surface area contributed by atoms with Gasteiger partial charge in [-0.25, -0.2) is 4.79 Å². The number of hydrogen-bond donors (Lipinski definition) is 1. The van der Waals surface area contributed by atoms with Crippen LogP contribution in [0.2, 0.25) is 0 Å². The predicted molar refractivity (Wildman–Crippen MR) is 22.4 cm³/mol. The van der Waals surface area contributed by atoms with Gasteiger partial charge in [-0.15, -0.1) is 0 Å². The molecule has 0 aliphatic carbocycles. The van der Waals surface area contributed by atoms with Gasteiger partial charge < -0.3 is 5.11 Å². The summed E-state index contributed by atoms with van der Waals surface area (Å²) >= 11 is 0. The molecule has 0 atom stereocenters. The molecule has 0 aromatic heterocycles. The summed E-state index contributed by atoms with van der Waals surface area (Å²) in [6.45, 7) is 4.60. The molecular formula is C4H6O2RfY. The molecule has 1 radical (unpaired) electrons. The number of carboxylic acid groups (broad SMARTS) is 1. The topological polar surface area (TPSA) is 37.3 Å². The summed E-state index contributed by atoms with van der Waals surface area (Å²) in [6, 6.07) is 0. The van der Waals surface area contributed by atoms with Gasteiger partial charge in [0.05, 0.1) is 0 Å². The van der Waals surface area contributed by atoms with Crippen LogP contribution < -0.4 is 0 Å². The largest absolute Gasteiger partial charge is 0.478 e. The second-order valence-corrected chi connectivity index (χ2v) is 1.09. The monoisotopic (exact) mass is 442 g/mol. The van der Waals surface area contributed by atoms with Gasteiger partial charge in [0.25, 0.3) is 0 Å². The first-order valence-corrected chi connectivity index (χ1v) is 1.53. The minimum atomic E-state index is -0.935. The molecule has 2 nitrogen and oxygen atoms in total. The van der Waals surface area contributed by atoms with Gasteiger partial charge in [-0.3, -0.25) is 0 Å². The molecule has 1 N–H and O–H groups in total. The fraction of sp³-hybridized carbons (Fsp3) is 0.250. The Bertz CT molecular complexity index is 80.0. The molecule has 0 rings (SSSR count). The van der Waals surface area contributed by atoms with Gasteiger partial charge in [-0.2, -0.15) is 0 Å². The van der Waals surface area contributed by atoms with E-state index in [1.165, 1.54) is 6.92 Å². The Labute approximate surface area is 67.5 Å². The average Bonchev–Trinajstić information content (AvgIpc) is 1.36. The Morgan fingerprint density at radius 1 is 1.62 bits per heavy atom. The van der Waals surface area contributed by atoms with Crippen LogP contribution >= 0.6 is 0 Å². The van der Waals surface area contributed by atoms with E-state index >= 15 is 0 Å². The summed E-state index contributed by atoms with van der Waals surface area (Å²) in [5.41, 5.74) is 0.176. The summed E-state index contributed by atoms with van der Waals surface area (Å²) in [5, 5.41) is 7.89. The average molecular weight is 442 g/mol. The maximum atomic E-state index is 9.60. The second kappa shape index (κ2) is 6.31. The van der Waals surface area contributed by atoms with Crippen molar-refractivity contribution in [3.63, 3.8) is 0 Å². The summed E-state index contributed by atoms with van der Waals surface area (Å²) in [5.74, 6) is -0.935. The standard InChI is InChI=1S/C4H6O2.Rf.Y/c1-3(2)4(5)6;;/h1H2,2H3,(H,5,6);;. The molecule has 0 fully saturated rings. The summed E-state index contributed by atoms with van der Waals surface area (Å²) < 4.78 is 0. The van der Waals surface area contributed by atoms with Crippen molar-refractivity contribution in [2.45, 2.75) is 6.92 Å². The van der Waals surface area contributed by atoms with Crippen LogP contribution in [-0.2, 0) is 37.5 Å². The van der Waals surface area contributed by atoms with E-state index in [4.69, 9.17) is 5.11 Å². The molecule has 0 aliphatic rings.